The molecule has 0 saturated carbocycles. The van der Waals surface area contributed by atoms with Crippen LogP contribution < -0.4 is 5.32 Å². The van der Waals surface area contributed by atoms with Crippen molar-refractivity contribution >= 4 is 44.8 Å². The SMILES string of the molecule is Cc1ccc(C(=O)N(C)CC(=O)Nc2ccccc2Br)s1. The highest BCUT2D eigenvalue weighted by molar-refractivity contribution is 9.10. The van der Waals surface area contributed by atoms with Crippen LogP contribution in [-0.4, -0.2) is 30.3 Å². The van der Waals surface area contributed by atoms with Crippen LogP contribution in [0, 0.1) is 6.92 Å². The molecule has 0 bridgehead atoms. The van der Waals surface area contributed by atoms with Gasteiger partial charge < -0.3 is 10.2 Å². The number of nitrogens with zero attached hydrogens (tertiary/aromatic N) is 1. The minimum absolute atomic E-state index is 0.0110. The van der Waals surface area contributed by atoms with Gasteiger partial charge in [0.15, 0.2) is 0 Å². The highest BCUT2D eigenvalue weighted by atomic mass is 79.9. The third kappa shape index (κ3) is 4.15. The number of hydrogen-bond donors (Lipinski definition) is 1. The molecule has 1 aromatic heterocycles. The van der Waals surface area contributed by atoms with Crippen molar-refractivity contribution in [2.45, 2.75) is 6.92 Å². The molecule has 6 heteroatoms. The summed E-state index contributed by atoms with van der Waals surface area (Å²) in [7, 11) is 1.62. The van der Waals surface area contributed by atoms with Crippen molar-refractivity contribution in [3.8, 4) is 0 Å². The lowest BCUT2D eigenvalue weighted by Crippen LogP contribution is -2.34. The zero-order chi connectivity index (χ0) is 15.4. The molecule has 21 heavy (non-hydrogen) atoms. The van der Waals surface area contributed by atoms with Gasteiger partial charge in [0.1, 0.15) is 0 Å². The topological polar surface area (TPSA) is 49.4 Å². The van der Waals surface area contributed by atoms with Crippen LogP contribution in [-0.2, 0) is 4.79 Å². The number of carbonyl (C=O) groups is 2. The fourth-order valence-corrected chi connectivity index (χ4v) is 3.02. The van der Waals surface area contributed by atoms with E-state index in [2.05, 4.69) is 21.2 Å². The monoisotopic (exact) mass is 366 g/mol. The molecule has 2 aromatic rings. The number of thiophene rings is 1. The van der Waals surface area contributed by atoms with Crippen LogP contribution in [0.3, 0.4) is 0 Å². The average Bonchev–Trinajstić information content (AvgIpc) is 2.87. The zero-order valence-corrected chi connectivity index (χ0v) is 14.1. The Morgan fingerprint density at radius 2 is 1.95 bits per heavy atom. The fourth-order valence-electron chi connectivity index (χ4n) is 1.78. The number of hydrogen-bond acceptors (Lipinski definition) is 3. The van der Waals surface area contributed by atoms with Crippen LogP contribution in [0.2, 0.25) is 0 Å². The highest BCUT2D eigenvalue weighted by Crippen LogP contribution is 2.21. The van der Waals surface area contributed by atoms with Crippen molar-refractivity contribution in [2.24, 2.45) is 0 Å². The second kappa shape index (κ2) is 6.87. The van der Waals surface area contributed by atoms with Crippen molar-refractivity contribution in [3.05, 3.63) is 50.6 Å². The molecule has 0 aliphatic heterocycles. The van der Waals surface area contributed by atoms with Gasteiger partial charge in [0.05, 0.1) is 17.1 Å². The summed E-state index contributed by atoms with van der Waals surface area (Å²) in [6.45, 7) is 1.96. The minimum Gasteiger partial charge on any atom is -0.332 e. The predicted molar refractivity (Wildman–Crippen MR) is 88.8 cm³/mol. The molecule has 0 aliphatic carbocycles. The first kappa shape index (κ1) is 15.7. The van der Waals surface area contributed by atoms with Crippen molar-refractivity contribution in [3.63, 3.8) is 0 Å². The van der Waals surface area contributed by atoms with Gasteiger partial charge in [0.2, 0.25) is 5.91 Å². The summed E-state index contributed by atoms with van der Waals surface area (Å²) < 4.78 is 0.807. The number of likely N-dealkylation sites (N-methyl/N-ethyl adjacent to an activating group) is 1. The molecule has 0 unspecified atom stereocenters. The molecule has 0 atom stereocenters. The molecule has 1 N–H and O–H groups in total. The molecule has 110 valence electrons. The lowest BCUT2D eigenvalue weighted by Gasteiger charge is -2.16. The summed E-state index contributed by atoms with van der Waals surface area (Å²) in [5.74, 6) is -0.374. The molecule has 1 aromatic carbocycles. The van der Waals surface area contributed by atoms with Crippen molar-refractivity contribution in [1.29, 1.82) is 0 Å². The molecule has 0 radical (unpaired) electrons. The maximum Gasteiger partial charge on any atom is 0.264 e. The molecular weight excluding hydrogens is 352 g/mol. The Morgan fingerprint density at radius 3 is 2.57 bits per heavy atom. The van der Waals surface area contributed by atoms with Crippen LogP contribution in [0.25, 0.3) is 0 Å². The number of halogens is 1. The van der Waals surface area contributed by atoms with E-state index in [-0.39, 0.29) is 18.4 Å². The molecule has 2 amide bonds. The van der Waals surface area contributed by atoms with E-state index < -0.39 is 0 Å². The minimum atomic E-state index is -0.231. The maximum absolute atomic E-state index is 12.2. The summed E-state index contributed by atoms with van der Waals surface area (Å²) in [6, 6.07) is 11.0. The first-order valence-electron chi connectivity index (χ1n) is 6.33. The quantitative estimate of drug-likeness (QED) is 0.899. The van der Waals surface area contributed by atoms with Crippen molar-refractivity contribution < 1.29 is 9.59 Å². The van der Waals surface area contributed by atoms with E-state index in [1.807, 2.05) is 31.2 Å². The number of benzene rings is 1. The average molecular weight is 367 g/mol. The summed E-state index contributed by atoms with van der Waals surface area (Å²) in [6.07, 6.45) is 0. The van der Waals surface area contributed by atoms with E-state index >= 15 is 0 Å². The van der Waals surface area contributed by atoms with E-state index in [1.165, 1.54) is 16.2 Å². The molecular formula is C15H15BrN2O2S. The number of aryl methyl sites for hydroxylation is 1. The van der Waals surface area contributed by atoms with Gasteiger partial charge >= 0.3 is 0 Å². The van der Waals surface area contributed by atoms with Gasteiger partial charge in [-0.05, 0) is 47.1 Å². The second-order valence-corrected chi connectivity index (χ2v) is 6.74. The first-order valence-corrected chi connectivity index (χ1v) is 7.94. The Morgan fingerprint density at radius 1 is 1.24 bits per heavy atom. The fraction of sp³-hybridized carbons (Fsp3) is 0.200. The van der Waals surface area contributed by atoms with Crippen molar-refractivity contribution in [1.82, 2.24) is 4.90 Å². The Bertz CT molecular complexity index is 669. The molecule has 2 rings (SSSR count). The first-order chi connectivity index (χ1) is 9.97. The van der Waals surface area contributed by atoms with Crippen LogP contribution in [0.1, 0.15) is 14.5 Å². The van der Waals surface area contributed by atoms with E-state index in [4.69, 9.17) is 0 Å². The number of amides is 2. The van der Waals surface area contributed by atoms with Crippen molar-refractivity contribution in [2.75, 3.05) is 18.9 Å². The van der Waals surface area contributed by atoms with Gasteiger partial charge in [-0.3, -0.25) is 9.59 Å². The van der Waals surface area contributed by atoms with E-state index in [0.717, 1.165) is 9.35 Å². The molecule has 0 fully saturated rings. The van der Waals surface area contributed by atoms with E-state index in [0.29, 0.717) is 10.6 Å². The summed E-state index contributed by atoms with van der Waals surface area (Å²) >= 11 is 4.79. The normalized spacial score (nSPS) is 10.2. The van der Waals surface area contributed by atoms with Gasteiger partial charge in [-0.2, -0.15) is 0 Å². The number of anilines is 1. The van der Waals surface area contributed by atoms with Crippen LogP contribution >= 0.6 is 27.3 Å². The number of rotatable bonds is 4. The Kier molecular flexibility index (Phi) is 5.14. The molecule has 4 nitrogen and oxygen atoms in total. The third-order valence-electron chi connectivity index (χ3n) is 2.83. The summed E-state index contributed by atoms with van der Waals surface area (Å²) in [5.41, 5.74) is 0.690. The van der Waals surface area contributed by atoms with Gasteiger partial charge in [0.25, 0.3) is 5.91 Å². The van der Waals surface area contributed by atoms with Crippen LogP contribution in [0.15, 0.2) is 40.9 Å². The van der Waals surface area contributed by atoms with Crippen LogP contribution in [0.4, 0.5) is 5.69 Å². The van der Waals surface area contributed by atoms with E-state index in [9.17, 15) is 9.59 Å². The summed E-state index contributed by atoms with van der Waals surface area (Å²) in [5, 5.41) is 2.78. The molecule has 1 heterocycles. The molecule has 0 saturated heterocycles. The van der Waals surface area contributed by atoms with Gasteiger partial charge in [-0.25, -0.2) is 0 Å². The van der Waals surface area contributed by atoms with Gasteiger partial charge in [0, 0.05) is 16.4 Å². The van der Waals surface area contributed by atoms with E-state index in [1.54, 1.807) is 19.2 Å². The van der Waals surface area contributed by atoms with Crippen LogP contribution in [0.5, 0.6) is 0 Å². The standard InChI is InChI=1S/C15H15BrN2O2S/c1-10-7-8-13(21-10)15(20)18(2)9-14(19)17-12-6-4-3-5-11(12)16/h3-8H,9H2,1-2H3,(H,17,19). The number of para-hydroxylation sites is 1. The zero-order valence-electron chi connectivity index (χ0n) is 11.7. The Balaban J connectivity index is 1.96. The largest absolute Gasteiger partial charge is 0.332 e. The molecule has 0 aliphatic rings. The number of carbonyl (C=O) groups excluding carboxylic acids is 2. The lowest BCUT2D eigenvalue weighted by molar-refractivity contribution is -0.116. The third-order valence-corrected chi connectivity index (χ3v) is 4.51. The highest BCUT2D eigenvalue weighted by Gasteiger charge is 2.16. The molecule has 0 spiro atoms. The van der Waals surface area contributed by atoms with Gasteiger partial charge in [-0.15, -0.1) is 11.3 Å². The maximum atomic E-state index is 12.2. The second-order valence-electron chi connectivity index (χ2n) is 4.60. The smallest absolute Gasteiger partial charge is 0.264 e. The Hall–Kier alpha value is -1.66. The predicted octanol–water partition coefficient (Wildman–Crippen LogP) is 3.53. The summed E-state index contributed by atoms with van der Waals surface area (Å²) in [4.78, 5) is 27.3. The Labute approximate surface area is 135 Å². The number of nitrogens with one attached hydrogen (secondary N) is 1. The lowest BCUT2D eigenvalue weighted by atomic mass is 10.3. The van der Waals surface area contributed by atoms with Gasteiger partial charge in [-0.1, -0.05) is 12.1 Å².